The Morgan fingerprint density at radius 2 is 1.77 bits per heavy atom. The van der Waals surface area contributed by atoms with Crippen molar-refractivity contribution in [2.24, 2.45) is 0 Å². The molecular weight excluding hydrogens is 419 g/mol. The summed E-state index contributed by atoms with van der Waals surface area (Å²) in [4.78, 5) is 25.6. The highest BCUT2D eigenvalue weighted by Crippen LogP contribution is 2.30. The van der Waals surface area contributed by atoms with Crippen LogP contribution in [0.4, 0.5) is 18.9 Å². The van der Waals surface area contributed by atoms with Gasteiger partial charge in [0.05, 0.1) is 5.69 Å². The van der Waals surface area contributed by atoms with Crippen LogP contribution in [0.1, 0.15) is 40.3 Å². The molecule has 0 spiro atoms. The molecule has 1 N–H and O–H groups in total. The van der Waals surface area contributed by atoms with E-state index in [1.165, 1.54) is 32.0 Å². The number of rotatable bonds is 5. The molecule has 1 atom stereocenters. The van der Waals surface area contributed by atoms with Gasteiger partial charge in [0.15, 0.2) is 11.5 Å². The molecule has 1 unspecified atom stereocenters. The summed E-state index contributed by atoms with van der Waals surface area (Å²) in [5, 5.41) is 6.41. The number of halogens is 4. The fourth-order valence-electron chi connectivity index (χ4n) is 2.92. The molecule has 3 aromatic rings. The van der Waals surface area contributed by atoms with Crippen molar-refractivity contribution in [3.8, 4) is 0 Å². The molecule has 1 heterocycles. The third kappa shape index (κ3) is 4.54. The van der Waals surface area contributed by atoms with Gasteiger partial charge in [-0.1, -0.05) is 41.9 Å². The summed E-state index contributed by atoms with van der Waals surface area (Å²) in [7, 11) is 0. The zero-order chi connectivity index (χ0) is 22.1. The first-order valence-corrected chi connectivity index (χ1v) is 9.29. The molecule has 0 aliphatic rings. The van der Waals surface area contributed by atoms with Crippen molar-refractivity contribution >= 4 is 29.0 Å². The van der Waals surface area contributed by atoms with E-state index in [1.54, 1.807) is 30.3 Å². The first-order chi connectivity index (χ1) is 14.1. The van der Waals surface area contributed by atoms with Gasteiger partial charge in [-0.2, -0.15) is 18.3 Å². The Kier molecular flexibility index (Phi) is 5.98. The van der Waals surface area contributed by atoms with Crippen molar-refractivity contribution in [2.75, 3.05) is 5.32 Å². The maximum absolute atomic E-state index is 12.9. The van der Waals surface area contributed by atoms with Crippen molar-refractivity contribution in [1.82, 2.24) is 9.78 Å². The van der Waals surface area contributed by atoms with Gasteiger partial charge < -0.3 is 5.32 Å². The standard InChI is InChI=1S/C21H17ClF3N3O2/c1-12-10-18(21(23,24)25)27-28(12)13(2)20(30)26-17-9-8-15(22)11-16(17)19(29)14-6-4-3-5-7-14/h3-11,13H,1-2H3,(H,26,30). The molecule has 0 saturated carbocycles. The highest BCUT2D eigenvalue weighted by molar-refractivity contribution is 6.31. The number of alkyl halides is 3. The molecule has 0 aliphatic carbocycles. The van der Waals surface area contributed by atoms with Crippen molar-refractivity contribution < 1.29 is 22.8 Å². The van der Waals surface area contributed by atoms with Crippen LogP contribution >= 0.6 is 11.6 Å². The summed E-state index contributed by atoms with van der Waals surface area (Å²) in [6, 6.07) is 12.7. The van der Waals surface area contributed by atoms with E-state index in [0.717, 1.165) is 10.7 Å². The molecule has 0 saturated heterocycles. The van der Waals surface area contributed by atoms with Crippen LogP contribution in [-0.2, 0) is 11.0 Å². The fraction of sp³-hybridized carbons (Fsp3) is 0.190. The second-order valence-corrected chi connectivity index (χ2v) is 7.10. The molecule has 1 aromatic heterocycles. The molecule has 156 valence electrons. The Bertz CT molecular complexity index is 1090. The summed E-state index contributed by atoms with van der Waals surface area (Å²) < 4.78 is 39.7. The van der Waals surface area contributed by atoms with Crippen molar-refractivity contribution in [3.05, 3.63) is 82.1 Å². The van der Waals surface area contributed by atoms with E-state index in [-0.39, 0.29) is 22.7 Å². The Hall–Kier alpha value is -3.13. The van der Waals surface area contributed by atoms with Crippen molar-refractivity contribution in [3.63, 3.8) is 0 Å². The maximum Gasteiger partial charge on any atom is 0.435 e. The third-order valence-corrected chi connectivity index (χ3v) is 4.71. The van der Waals surface area contributed by atoms with Gasteiger partial charge >= 0.3 is 6.18 Å². The zero-order valence-electron chi connectivity index (χ0n) is 16.0. The van der Waals surface area contributed by atoms with E-state index in [0.29, 0.717) is 10.6 Å². The Morgan fingerprint density at radius 1 is 1.10 bits per heavy atom. The lowest BCUT2D eigenvalue weighted by atomic mass is 10.0. The summed E-state index contributed by atoms with van der Waals surface area (Å²) in [5.74, 6) is -0.977. The molecule has 0 bridgehead atoms. The quantitative estimate of drug-likeness (QED) is 0.553. The number of anilines is 1. The van der Waals surface area contributed by atoms with Crippen LogP contribution in [-0.4, -0.2) is 21.5 Å². The molecule has 9 heteroatoms. The molecule has 0 fully saturated rings. The molecule has 1 amide bonds. The van der Waals surface area contributed by atoms with E-state index >= 15 is 0 Å². The minimum Gasteiger partial charge on any atom is -0.324 e. The number of amides is 1. The van der Waals surface area contributed by atoms with Gasteiger partial charge in [0.25, 0.3) is 0 Å². The monoisotopic (exact) mass is 435 g/mol. The number of carbonyl (C=O) groups excluding carboxylic acids is 2. The van der Waals surface area contributed by atoms with Crippen LogP contribution < -0.4 is 5.32 Å². The van der Waals surface area contributed by atoms with Crippen LogP contribution in [0.15, 0.2) is 54.6 Å². The topological polar surface area (TPSA) is 64.0 Å². The minimum absolute atomic E-state index is 0.169. The number of carbonyl (C=O) groups is 2. The SMILES string of the molecule is Cc1cc(C(F)(F)F)nn1C(C)C(=O)Nc1ccc(Cl)cc1C(=O)c1ccccc1. The number of hydrogen-bond donors (Lipinski definition) is 1. The van der Waals surface area contributed by atoms with Crippen molar-refractivity contribution in [1.29, 1.82) is 0 Å². The fourth-order valence-corrected chi connectivity index (χ4v) is 3.10. The predicted molar refractivity (Wildman–Crippen MR) is 107 cm³/mol. The minimum atomic E-state index is -4.61. The van der Waals surface area contributed by atoms with Gasteiger partial charge in [0.1, 0.15) is 6.04 Å². The van der Waals surface area contributed by atoms with Gasteiger partial charge in [-0.25, -0.2) is 0 Å². The lowest BCUT2D eigenvalue weighted by Gasteiger charge is -2.16. The Labute approximate surface area is 175 Å². The third-order valence-electron chi connectivity index (χ3n) is 4.48. The number of nitrogens with one attached hydrogen (secondary N) is 1. The number of nitrogens with zero attached hydrogens (tertiary/aromatic N) is 2. The number of aryl methyl sites for hydroxylation is 1. The molecule has 0 radical (unpaired) electrons. The number of hydrogen-bond acceptors (Lipinski definition) is 3. The van der Waals surface area contributed by atoms with Gasteiger partial charge in [-0.3, -0.25) is 14.3 Å². The highest BCUT2D eigenvalue weighted by Gasteiger charge is 2.35. The van der Waals surface area contributed by atoms with Gasteiger partial charge in [-0.05, 0) is 38.1 Å². The zero-order valence-corrected chi connectivity index (χ0v) is 16.8. The largest absolute Gasteiger partial charge is 0.435 e. The molecule has 0 aliphatic heterocycles. The normalized spacial score (nSPS) is 12.5. The van der Waals surface area contributed by atoms with Gasteiger partial charge in [0.2, 0.25) is 5.91 Å². The van der Waals surface area contributed by atoms with Crippen LogP contribution in [0.2, 0.25) is 5.02 Å². The number of benzene rings is 2. The number of ketones is 1. The van der Waals surface area contributed by atoms with Crippen molar-refractivity contribution in [2.45, 2.75) is 26.1 Å². The second-order valence-electron chi connectivity index (χ2n) is 6.66. The number of aromatic nitrogens is 2. The molecule has 2 aromatic carbocycles. The Morgan fingerprint density at radius 3 is 2.37 bits per heavy atom. The van der Waals surface area contributed by atoms with E-state index in [9.17, 15) is 22.8 Å². The van der Waals surface area contributed by atoms with Gasteiger partial charge in [0, 0.05) is 21.8 Å². The Balaban J connectivity index is 1.89. The van der Waals surface area contributed by atoms with Crippen LogP contribution in [0.5, 0.6) is 0 Å². The highest BCUT2D eigenvalue weighted by atomic mass is 35.5. The lowest BCUT2D eigenvalue weighted by molar-refractivity contribution is -0.141. The van der Waals surface area contributed by atoms with Crippen LogP contribution in [0, 0.1) is 6.92 Å². The summed E-state index contributed by atoms with van der Waals surface area (Å²) in [5.41, 5.74) is -0.123. The van der Waals surface area contributed by atoms with Gasteiger partial charge in [-0.15, -0.1) is 0 Å². The van der Waals surface area contributed by atoms with Crippen LogP contribution in [0.25, 0.3) is 0 Å². The molecular formula is C21H17ClF3N3O2. The van der Waals surface area contributed by atoms with E-state index < -0.39 is 23.8 Å². The lowest BCUT2D eigenvalue weighted by Crippen LogP contribution is -2.26. The second kappa shape index (κ2) is 8.31. The molecule has 3 rings (SSSR count). The first-order valence-electron chi connectivity index (χ1n) is 8.91. The average Bonchev–Trinajstić information content (AvgIpc) is 3.11. The predicted octanol–water partition coefficient (Wildman–Crippen LogP) is 5.29. The summed E-state index contributed by atoms with van der Waals surface area (Å²) in [6.45, 7) is 2.85. The maximum atomic E-state index is 12.9. The summed E-state index contributed by atoms with van der Waals surface area (Å²) in [6.07, 6.45) is -4.61. The molecule has 5 nitrogen and oxygen atoms in total. The smallest absolute Gasteiger partial charge is 0.324 e. The van der Waals surface area contributed by atoms with E-state index in [2.05, 4.69) is 10.4 Å². The molecule has 30 heavy (non-hydrogen) atoms. The van der Waals surface area contributed by atoms with E-state index in [4.69, 9.17) is 11.6 Å². The summed E-state index contributed by atoms with van der Waals surface area (Å²) >= 11 is 6.02. The average molecular weight is 436 g/mol. The van der Waals surface area contributed by atoms with E-state index in [1.807, 2.05) is 0 Å². The van der Waals surface area contributed by atoms with Crippen LogP contribution in [0.3, 0.4) is 0 Å². The first kappa shape index (κ1) is 21.6.